The summed E-state index contributed by atoms with van der Waals surface area (Å²) in [5, 5.41) is 5.36. The van der Waals surface area contributed by atoms with Crippen molar-refractivity contribution in [2.45, 2.75) is 0 Å². The van der Waals surface area contributed by atoms with E-state index in [9.17, 15) is 14.4 Å². The number of rotatable bonds is 5. The lowest BCUT2D eigenvalue weighted by molar-refractivity contribution is -0.119. The second-order valence-corrected chi connectivity index (χ2v) is 5.45. The quantitative estimate of drug-likeness (QED) is 0.557. The number of nitrogens with one attached hydrogen (secondary N) is 2. The van der Waals surface area contributed by atoms with Crippen LogP contribution in [0.1, 0.15) is 20.7 Å². The number of anilines is 2. The molecule has 0 aliphatic rings. The van der Waals surface area contributed by atoms with Crippen LogP contribution in [0.5, 0.6) is 0 Å². The van der Waals surface area contributed by atoms with E-state index in [1.807, 2.05) is 0 Å². The lowest BCUT2D eigenvalue weighted by Gasteiger charge is -2.09. The first-order chi connectivity index (χ1) is 11.9. The summed E-state index contributed by atoms with van der Waals surface area (Å²) in [5.74, 6) is -1.59. The number of benzene rings is 2. The van der Waals surface area contributed by atoms with Crippen LogP contribution in [0.15, 0.2) is 42.5 Å². The molecule has 2 aromatic rings. The molecule has 0 bridgehead atoms. The number of hydrogen-bond donors (Lipinski definition) is 3. The molecule has 0 radical (unpaired) electrons. The maximum absolute atomic E-state index is 12.0. The minimum absolute atomic E-state index is 0.0851. The lowest BCUT2D eigenvalue weighted by atomic mass is 10.2. The molecule has 130 valence electrons. The predicted molar refractivity (Wildman–Crippen MR) is 94.6 cm³/mol. The van der Waals surface area contributed by atoms with Gasteiger partial charge >= 0.3 is 5.97 Å². The molecule has 7 nitrogen and oxygen atoms in total. The van der Waals surface area contributed by atoms with Crippen LogP contribution < -0.4 is 16.4 Å². The summed E-state index contributed by atoms with van der Waals surface area (Å²) < 4.78 is 4.93. The molecule has 0 fully saturated rings. The zero-order valence-corrected chi connectivity index (χ0v) is 14.1. The van der Waals surface area contributed by atoms with Crippen LogP contribution in [-0.4, -0.2) is 31.4 Å². The molecule has 2 rings (SSSR count). The van der Waals surface area contributed by atoms with Crippen LogP contribution in [0.25, 0.3) is 0 Å². The topological polar surface area (TPSA) is 111 Å². The average molecular weight is 362 g/mol. The Balaban J connectivity index is 1.96. The Morgan fingerprint density at radius 2 is 1.92 bits per heavy atom. The molecule has 0 spiro atoms. The minimum Gasteiger partial charge on any atom is -0.452 e. The van der Waals surface area contributed by atoms with Crippen molar-refractivity contribution in [2.75, 3.05) is 24.7 Å². The van der Waals surface area contributed by atoms with Gasteiger partial charge in [0.15, 0.2) is 6.61 Å². The van der Waals surface area contributed by atoms with E-state index in [1.165, 1.54) is 25.2 Å². The fourth-order valence-electron chi connectivity index (χ4n) is 1.99. The normalized spacial score (nSPS) is 10.0. The van der Waals surface area contributed by atoms with Crippen molar-refractivity contribution in [3.63, 3.8) is 0 Å². The van der Waals surface area contributed by atoms with Gasteiger partial charge < -0.3 is 21.1 Å². The highest BCUT2D eigenvalue weighted by Crippen LogP contribution is 2.18. The number of halogens is 1. The molecule has 0 saturated carbocycles. The molecular weight excluding hydrogens is 346 g/mol. The lowest BCUT2D eigenvalue weighted by Crippen LogP contribution is -2.22. The first-order valence-corrected chi connectivity index (χ1v) is 7.62. The van der Waals surface area contributed by atoms with Crippen LogP contribution in [-0.2, 0) is 9.53 Å². The van der Waals surface area contributed by atoms with E-state index >= 15 is 0 Å². The van der Waals surface area contributed by atoms with Crippen molar-refractivity contribution >= 4 is 40.8 Å². The Morgan fingerprint density at radius 1 is 1.16 bits per heavy atom. The van der Waals surface area contributed by atoms with Crippen molar-refractivity contribution in [1.82, 2.24) is 5.32 Å². The Kier molecular flexibility index (Phi) is 5.97. The number of nitrogen functional groups attached to an aromatic ring is 1. The van der Waals surface area contributed by atoms with Gasteiger partial charge in [0.2, 0.25) is 0 Å². The second-order valence-electron chi connectivity index (χ2n) is 5.02. The van der Waals surface area contributed by atoms with Gasteiger partial charge in [-0.15, -0.1) is 0 Å². The van der Waals surface area contributed by atoms with Crippen molar-refractivity contribution in [1.29, 1.82) is 0 Å². The first kappa shape index (κ1) is 18.3. The molecule has 2 amide bonds. The summed E-state index contributed by atoms with van der Waals surface area (Å²) in [6.45, 7) is -0.505. The zero-order valence-electron chi connectivity index (χ0n) is 13.3. The highest BCUT2D eigenvalue weighted by Gasteiger charge is 2.14. The molecule has 0 heterocycles. The summed E-state index contributed by atoms with van der Waals surface area (Å²) in [4.78, 5) is 35.4. The van der Waals surface area contributed by atoms with E-state index in [4.69, 9.17) is 22.1 Å². The van der Waals surface area contributed by atoms with Gasteiger partial charge in [0, 0.05) is 29.0 Å². The van der Waals surface area contributed by atoms with Gasteiger partial charge in [-0.3, -0.25) is 9.59 Å². The zero-order chi connectivity index (χ0) is 18.4. The fraction of sp³-hybridized carbons (Fsp3) is 0.118. The molecule has 0 aliphatic carbocycles. The number of amides is 2. The molecule has 0 unspecified atom stereocenters. The molecule has 0 saturated heterocycles. The van der Waals surface area contributed by atoms with E-state index in [2.05, 4.69) is 10.6 Å². The van der Waals surface area contributed by atoms with Crippen LogP contribution in [0.3, 0.4) is 0 Å². The maximum Gasteiger partial charge on any atom is 0.340 e. The molecule has 0 aromatic heterocycles. The summed E-state index contributed by atoms with van der Waals surface area (Å²) in [5.41, 5.74) is 6.77. The second kappa shape index (κ2) is 8.16. The van der Waals surface area contributed by atoms with Crippen LogP contribution >= 0.6 is 11.6 Å². The van der Waals surface area contributed by atoms with E-state index in [1.54, 1.807) is 24.3 Å². The van der Waals surface area contributed by atoms with Crippen molar-refractivity contribution in [2.24, 2.45) is 0 Å². The fourth-order valence-corrected chi connectivity index (χ4v) is 2.17. The van der Waals surface area contributed by atoms with E-state index in [0.717, 1.165) is 0 Å². The third-order valence-electron chi connectivity index (χ3n) is 3.21. The largest absolute Gasteiger partial charge is 0.452 e. The third kappa shape index (κ3) is 4.95. The van der Waals surface area contributed by atoms with Crippen molar-refractivity contribution < 1.29 is 19.1 Å². The molecule has 25 heavy (non-hydrogen) atoms. The van der Waals surface area contributed by atoms with E-state index in [-0.39, 0.29) is 17.2 Å². The molecular formula is C17H16ClN3O4. The Bertz CT molecular complexity index is 823. The van der Waals surface area contributed by atoms with E-state index < -0.39 is 18.5 Å². The van der Waals surface area contributed by atoms with Gasteiger partial charge in [-0.05, 0) is 36.4 Å². The molecule has 0 atom stereocenters. The molecule has 2 aromatic carbocycles. The number of nitrogens with two attached hydrogens (primary N) is 1. The summed E-state index contributed by atoms with van der Waals surface area (Å²) in [6.07, 6.45) is 0. The number of ether oxygens (including phenoxy) is 1. The number of carbonyl (C=O) groups excluding carboxylic acids is 3. The van der Waals surface area contributed by atoms with Gasteiger partial charge in [-0.1, -0.05) is 17.7 Å². The molecule has 0 aliphatic heterocycles. The van der Waals surface area contributed by atoms with Gasteiger partial charge in [0.05, 0.1) is 5.56 Å². The average Bonchev–Trinajstić information content (AvgIpc) is 2.61. The Labute approximate surface area is 149 Å². The monoisotopic (exact) mass is 361 g/mol. The SMILES string of the molecule is CNC(=O)c1cccc(NC(=O)COC(=O)c2cc(Cl)ccc2N)c1. The number of carbonyl (C=O) groups is 3. The summed E-state index contributed by atoms with van der Waals surface area (Å²) >= 11 is 5.81. The van der Waals surface area contributed by atoms with Crippen molar-refractivity contribution in [3.8, 4) is 0 Å². The summed E-state index contributed by atoms with van der Waals surface area (Å²) in [7, 11) is 1.51. The van der Waals surface area contributed by atoms with Gasteiger partial charge in [-0.2, -0.15) is 0 Å². The minimum atomic E-state index is -0.755. The molecule has 4 N–H and O–H groups in total. The number of esters is 1. The van der Waals surface area contributed by atoms with Crippen LogP contribution in [0.4, 0.5) is 11.4 Å². The Hall–Kier alpha value is -3.06. The Morgan fingerprint density at radius 3 is 2.64 bits per heavy atom. The highest BCUT2D eigenvalue weighted by atomic mass is 35.5. The smallest absolute Gasteiger partial charge is 0.340 e. The third-order valence-corrected chi connectivity index (χ3v) is 3.44. The first-order valence-electron chi connectivity index (χ1n) is 7.25. The highest BCUT2D eigenvalue weighted by molar-refractivity contribution is 6.31. The van der Waals surface area contributed by atoms with Crippen LogP contribution in [0, 0.1) is 0 Å². The predicted octanol–water partition coefficient (Wildman–Crippen LogP) is 2.08. The van der Waals surface area contributed by atoms with Crippen LogP contribution in [0.2, 0.25) is 5.02 Å². The maximum atomic E-state index is 12.0. The van der Waals surface area contributed by atoms with Gasteiger partial charge in [0.1, 0.15) is 0 Å². The van der Waals surface area contributed by atoms with E-state index in [0.29, 0.717) is 16.3 Å². The van der Waals surface area contributed by atoms with Gasteiger partial charge in [-0.25, -0.2) is 4.79 Å². The van der Waals surface area contributed by atoms with Crippen molar-refractivity contribution in [3.05, 3.63) is 58.6 Å². The van der Waals surface area contributed by atoms with Gasteiger partial charge in [0.25, 0.3) is 11.8 Å². The standard InChI is InChI=1S/C17H16ClN3O4/c1-20-16(23)10-3-2-4-12(7-10)21-15(22)9-25-17(24)13-8-11(18)5-6-14(13)19/h2-8H,9,19H2,1H3,(H,20,23)(H,21,22). The molecule has 8 heteroatoms. The number of hydrogen-bond acceptors (Lipinski definition) is 5. The summed E-state index contributed by atoms with van der Waals surface area (Å²) in [6, 6.07) is 10.7.